The Hall–Kier alpha value is -3.66. The van der Waals surface area contributed by atoms with E-state index in [0.29, 0.717) is 0 Å². The van der Waals surface area contributed by atoms with Gasteiger partial charge in [0.05, 0.1) is 5.52 Å². The van der Waals surface area contributed by atoms with Crippen LogP contribution in [0.15, 0.2) is 91.0 Å². The average Bonchev–Trinajstić information content (AvgIpc) is 3.15. The second-order valence-corrected chi connectivity index (χ2v) is 6.56. The molecule has 0 radical (unpaired) electrons. The molecule has 4 aromatic carbocycles. The maximum Gasteiger partial charge on any atom is 0.121 e. The van der Waals surface area contributed by atoms with E-state index in [2.05, 4.69) is 28.5 Å². The summed E-state index contributed by atoms with van der Waals surface area (Å²) in [5.74, 6) is 0.252. The van der Waals surface area contributed by atoms with Crippen LogP contribution in [0.4, 0.5) is 0 Å². The molecule has 130 valence electrons. The summed E-state index contributed by atoms with van der Waals surface area (Å²) in [6, 6.07) is 29.5. The third kappa shape index (κ3) is 2.54. The van der Waals surface area contributed by atoms with E-state index >= 15 is 0 Å². The molecule has 0 saturated heterocycles. The van der Waals surface area contributed by atoms with Gasteiger partial charge in [-0.3, -0.25) is 0 Å². The van der Waals surface area contributed by atoms with Crippen LogP contribution in [0.5, 0.6) is 5.75 Å². The van der Waals surface area contributed by atoms with Crippen molar-refractivity contribution in [1.82, 2.24) is 15.0 Å². The van der Waals surface area contributed by atoms with E-state index in [9.17, 15) is 5.11 Å². The molecule has 5 rings (SSSR count). The lowest BCUT2D eigenvalue weighted by Crippen LogP contribution is -2.14. The van der Waals surface area contributed by atoms with Crippen molar-refractivity contribution >= 4 is 21.8 Å². The van der Waals surface area contributed by atoms with Crippen LogP contribution in [0, 0.1) is 0 Å². The van der Waals surface area contributed by atoms with Crippen molar-refractivity contribution < 1.29 is 5.11 Å². The maximum absolute atomic E-state index is 10.8. The molecule has 1 heterocycles. The first-order chi connectivity index (χ1) is 13.3. The lowest BCUT2D eigenvalue weighted by atomic mass is 9.92. The zero-order chi connectivity index (χ0) is 18.2. The summed E-state index contributed by atoms with van der Waals surface area (Å²) in [4.78, 5) is 0. The van der Waals surface area contributed by atoms with E-state index in [1.54, 1.807) is 6.07 Å². The summed E-state index contributed by atoms with van der Waals surface area (Å²) < 4.78 is 1.90. The maximum atomic E-state index is 10.8. The van der Waals surface area contributed by atoms with Crippen LogP contribution in [-0.4, -0.2) is 20.1 Å². The molecular formula is C23H17N3O. The Labute approximate surface area is 156 Å². The number of hydrogen-bond acceptors (Lipinski definition) is 3. The van der Waals surface area contributed by atoms with Gasteiger partial charge in [-0.05, 0) is 34.5 Å². The number of phenols is 1. The molecule has 5 aromatic rings. The Morgan fingerprint density at radius 1 is 0.741 bits per heavy atom. The number of rotatable bonds is 3. The fraction of sp³-hybridized carbons (Fsp3) is 0.0435. The highest BCUT2D eigenvalue weighted by atomic mass is 16.3. The third-order valence-corrected chi connectivity index (χ3v) is 4.96. The van der Waals surface area contributed by atoms with Gasteiger partial charge in [-0.1, -0.05) is 78.0 Å². The lowest BCUT2D eigenvalue weighted by Gasteiger charge is -2.22. The second kappa shape index (κ2) is 6.25. The zero-order valence-electron chi connectivity index (χ0n) is 14.5. The first-order valence-corrected chi connectivity index (χ1v) is 8.88. The molecule has 0 aliphatic rings. The third-order valence-electron chi connectivity index (χ3n) is 4.96. The van der Waals surface area contributed by atoms with Gasteiger partial charge < -0.3 is 5.11 Å². The van der Waals surface area contributed by atoms with Crippen molar-refractivity contribution in [3.8, 4) is 5.75 Å². The smallest absolute Gasteiger partial charge is 0.121 e. The SMILES string of the molecule is Oc1ccc2ccccc2c1C(c1ccccc1)n1nnc2ccccc21. The molecule has 1 N–H and O–H groups in total. The van der Waals surface area contributed by atoms with Gasteiger partial charge in [0.15, 0.2) is 0 Å². The predicted octanol–water partition coefficient (Wildman–Crippen LogP) is 4.93. The number of nitrogens with zero attached hydrogens (tertiary/aromatic N) is 3. The Kier molecular flexibility index (Phi) is 3.61. The monoisotopic (exact) mass is 351 g/mol. The molecule has 1 aromatic heterocycles. The van der Waals surface area contributed by atoms with E-state index < -0.39 is 0 Å². The Balaban J connectivity index is 1.87. The van der Waals surface area contributed by atoms with Crippen LogP contribution in [0.1, 0.15) is 17.2 Å². The molecule has 0 aliphatic heterocycles. The highest BCUT2D eigenvalue weighted by molar-refractivity contribution is 5.89. The highest BCUT2D eigenvalue weighted by Gasteiger charge is 2.24. The van der Waals surface area contributed by atoms with Crippen molar-refractivity contribution in [2.24, 2.45) is 0 Å². The van der Waals surface area contributed by atoms with E-state index in [0.717, 1.165) is 32.9 Å². The molecule has 4 heteroatoms. The predicted molar refractivity (Wildman–Crippen MR) is 107 cm³/mol. The van der Waals surface area contributed by atoms with Crippen LogP contribution in [-0.2, 0) is 0 Å². The normalized spacial score (nSPS) is 12.4. The molecule has 0 amide bonds. The molecule has 1 atom stereocenters. The number of aromatic hydroxyl groups is 1. The van der Waals surface area contributed by atoms with Gasteiger partial charge >= 0.3 is 0 Å². The Bertz CT molecular complexity index is 1240. The van der Waals surface area contributed by atoms with E-state index in [4.69, 9.17) is 0 Å². The van der Waals surface area contributed by atoms with Crippen molar-refractivity contribution in [3.63, 3.8) is 0 Å². The largest absolute Gasteiger partial charge is 0.508 e. The van der Waals surface area contributed by atoms with Crippen LogP contribution >= 0.6 is 0 Å². The van der Waals surface area contributed by atoms with Crippen molar-refractivity contribution in [2.75, 3.05) is 0 Å². The summed E-state index contributed by atoms with van der Waals surface area (Å²) in [6.07, 6.45) is 0. The summed E-state index contributed by atoms with van der Waals surface area (Å²) in [7, 11) is 0. The number of hydrogen-bond donors (Lipinski definition) is 1. The van der Waals surface area contributed by atoms with Gasteiger partial charge in [-0.25, -0.2) is 4.68 Å². The van der Waals surface area contributed by atoms with Crippen LogP contribution in [0.2, 0.25) is 0 Å². The van der Waals surface area contributed by atoms with Gasteiger partial charge in [0, 0.05) is 5.56 Å². The number of benzene rings is 4. The molecule has 0 fully saturated rings. The van der Waals surface area contributed by atoms with Crippen molar-refractivity contribution in [1.29, 1.82) is 0 Å². The molecule has 27 heavy (non-hydrogen) atoms. The van der Waals surface area contributed by atoms with Gasteiger partial charge in [0.25, 0.3) is 0 Å². The molecular weight excluding hydrogens is 334 g/mol. The Morgan fingerprint density at radius 2 is 1.48 bits per heavy atom. The Morgan fingerprint density at radius 3 is 2.37 bits per heavy atom. The van der Waals surface area contributed by atoms with Crippen LogP contribution < -0.4 is 0 Å². The number of para-hydroxylation sites is 1. The van der Waals surface area contributed by atoms with Crippen LogP contribution in [0.3, 0.4) is 0 Å². The van der Waals surface area contributed by atoms with Gasteiger partial charge in [-0.15, -0.1) is 5.10 Å². The van der Waals surface area contributed by atoms with Crippen molar-refractivity contribution in [3.05, 3.63) is 102 Å². The summed E-state index contributed by atoms with van der Waals surface area (Å²) in [6.45, 7) is 0. The molecule has 4 nitrogen and oxygen atoms in total. The topological polar surface area (TPSA) is 50.9 Å². The van der Waals surface area contributed by atoms with Crippen LogP contribution in [0.25, 0.3) is 21.8 Å². The highest BCUT2D eigenvalue weighted by Crippen LogP contribution is 2.38. The molecule has 0 saturated carbocycles. The molecule has 0 bridgehead atoms. The molecule has 0 aliphatic carbocycles. The number of aromatic nitrogens is 3. The number of fused-ring (bicyclic) bond motifs is 2. The summed E-state index contributed by atoms with van der Waals surface area (Å²) in [5.41, 5.74) is 3.63. The van der Waals surface area contributed by atoms with E-state index in [-0.39, 0.29) is 11.8 Å². The van der Waals surface area contributed by atoms with Crippen molar-refractivity contribution in [2.45, 2.75) is 6.04 Å². The quantitative estimate of drug-likeness (QED) is 0.501. The number of phenolic OH excluding ortho intramolecular Hbond substituents is 1. The first kappa shape index (κ1) is 15.6. The standard InChI is InChI=1S/C23H17N3O/c27-21-15-14-16-8-4-5-11-18(16)22(21)23(17-9-2-1-3-10-17)26-20-13-7-6-12-19(20)24-25-26/h1-15,23,27H. The van der Waals surface area contributed by atoms with E-state index in [1.807, 2.05) is 71.4 Å². The van der Waals surface area contributed by atoms with Gasteiger partial charge in [0.1, 0.15) is 17.3 Å². The zero-order valence-corrected chi connectivity index (χ0v) is 14.5. The summed E-state index contributed by atoms with van der Waals surface area (Å²) >= 11 is 0. The minimum Gasteiger partial charge on any atom is -0.508 e. The fourth-order valence-corrected chi connectivity index (χ4v) is 3.71. The van der Waals surface area contributed by atoms with Gasteiger partial charge in [-0.2, -0.15) is 0 Å². The lowest BCUT2D eigenvalue weighted by molar-refractivity contribution is 0.457. The minimum atomic E-state index is -0.287. The average molecular weight is 351 g/mol. The molecule has 0 spiro atoms. The summed E-state index contributed by atoms with van der Waals surface area (Å²) in [5, 5.41) is 21.7. The molecule has 1 unspecified atom stereocenters. The minimum absolute atomic E-state index is 0.252. The fourth-order valence-electron chi connectivity index (χ4n) is 3.71. The van der Waals surface area contributed by atoms with Gasteiger partial charge in [0.2, 0.25) is 0 Å². The van der Waals surface area contributed by atoms with E-state index in [1.165, 1.54) is 0 Å². The second-order valence-electron chi connectivity index (χ2n) is 6.56. The first-order valence-electron chi connectivity index (χ1n) is 8.88.